The Morgan fingerprint density at radius 2 is 2.00 bits per heavy atom. The van der Waals surface area contributed by atoms with Crippen LogP contribution in [0.5, 0.6) is 5.88 Å². The number of aliphatic hydroxyl groups is 1. The molecule has 1 atom stereocenters. The number of ether oxygens (including phenoxy) is 2. The predicted molar refractivity (Wildman–Crippen MR) is 92.7 cm³/mol. The third-order valence-electron chi connectivity index (χ3n) is 3.55. The second-order valence-corrected chi connectivity index (χ2v) is 5.35. The lowest BCUT2D eigenvalue weighted by atomic mass is 9.98. The van der Waals surface area contributed by atoms with Crippen molar-refractivity contribution in [3.63, 3.8) is 0 Å². The zero-order valence-corrected chi connectivity index (χ0v) is 15.5. The first-order valence-corrected chi connectivity index (χ1v) is 8.59. The molecule has 2 N–H and O–H groups in total. The van der Waals surface area contributed by atoms with Gasteiger partial charge in [0.25, 0.3) is 0 Å². The van der Waals surface area contributed by atoms with Crippen LogP contribution in [0.4, 0.5) is 10.1 Å². The SMILES string of the molecule is CC.COC1CCCCC1.Cc1[nH]nc(OCC(F)CO)c1[N+](=O)[O-]. The molecule has 1 saturated carbocycles. The van der Waals surface area contributed by atoms with Crippen LogP contribution in [0.15, 0.2) is 0 Å². The normalized spacial score (nSPS) is 15.3. The van der Waals surface area contributed by atoms with Gasteiger partial charge in [-0.25, -0.2) is 4.39 Å². The van der Waals surface area contributed by atoms with Gasteiger partial charge in [0.05, 0.1) is 17.6 Å². The first-order valence-electron chi connectivity index (χ1n) is 8.59. The number of nitro groups is 1. The van der Waals surface area contributed by atoms with Crippen LogP contribution in [0.25, 0.3) is 0 Å². The minimum Gasteiger partial charge on any atom is -0.469 e. The standard InChI is InChI=1S/C7H10FN3O4.C7H14O.C2H6/c1-4-6(11(13)14)7(10-9-4)15-3-5(8)2-12;1-8-7-5-3-2-4-6-7;1-2/h5,12H,2-3H2,1H3,(H,9,10);7H,2-6H2,1H3;1-2H3. The molecule has 8 nitrogen and oxygen atoms in total. The highest BCUT2D eigenvalue weighted by Crippen LogP contribution is 2.27. The molecule has 1 aliphatic carbocycles. The molecule has 1 fully saturated rings. The monoisotopic (exact) mass is 363 g/mol. The van der Waals surface area contributed by atoms with Crippen LogP contribution in [0.1, 0.15) is 51.6 Å². The lowest BCUT2D eigenvalue weighted by Gasteiger charge is -2.19. The topological polar surface area (TPSA) is 111 Å². The Bertz CT molecular complexity index is 478. The van der Waals surface area contributed by atoms with Crippen molar-refractivity contribution < 1.29 is 23.9 Å². The number of rotatable bonds is 6. The second-order valence-electron chi connectivity index (χ2n) is 5.35. The van der Waals surface area contributed by atoms with Gasteiger partial charge in [-0.1, -0.05) is 33.1 Å². The van der Waals surface area contributed by atoms with Crippen LogP contribution in [0, 0.1) is 17.0 Å². The van der Waals surface area contributed by atoms with Crippen LogP contribution in [0.3, 0.4) is 0 Å². The number of halogens is 1. The molecule has 25 heavy (non-hydrogen) atoms. The number of aliphatic hydroxyl groups excluding tert-OH is 1. The summed E-state index contributed by atoms with van der Waals surface area (Å²) in [5, 5.41) is 24.8. The number of methoxy groups -OCH3 is 1. The van der Waals surface area contributed by atoms with E-state index in [4.69, 9.17) is 14.6 Å². The van der Waals surface area contributed by atoms with Gasteiger partial charge in [0.1, 0.15) is 12.3 Å². The number of aryl methyl sites for hydroxylation is 1. The highest BCUT2D eigenvalue weighted by Gasteiger charge is 2.23. The van der Waals surface area contributed by atoms with E-state index in [0.717, 1.165) is 0 Å². The van der Waals surface area contributed by atoms with Gasteiger partial charge in [0, 0.05) is 7.11 Å². The Morgan fingerprint density at radius 3 is 2.44 bits per heavy atom. The Morgan fingerprint density at radius 1 is 1.40 bits per heavy atom. The highest BCUT2D eigenvalue weighted by atomic mass is 19.1. The van der Waals surface area contributed by atoms with Gasteiger partial charge in [-0.2, -0.15) is 0 Å². The average Bonchev–Trinajstić information content (AvgIpc) is 3.03. The first kappa shape index (κ1) is 23.3. The molecular weight excluding hydrogens is 333 g/mol. The summed E-state index contributed by atoms with van der Waals surface area (Å²) in [6, 6.07) is 0. The van der Waals surface area contributed by atoms with E-state index < -0.39 is 24.3 Å². The van der Waals surface area contributed by atoms with Gasteiger partial charge < -0.3 is 14.6 Å². The summed E-state index contributed by atoms with van der Waals surface area (Å²) in [5.74, 6) is -0.270. The van der Waals surface area contributed by atoms with E-state index in [1.807, 2.05) is 21.0 Å². The molecule has 146 valence electrons. The van der Waals surface area contributed by atoms with Crippen LogP contribution in [-0.2, 0) is 4.74 Å². The summed E-state index contributed by atoms with van der Waals surface area (Å²) in [6.07, 6.45) is 5.74. The fourth-order valence-electron chi connectivity index (χ4n) is 2.24. The van der Waals surface area contributed by atoms with Crippen molar-refractivity contribution in [2.75, 3.05) is 20.3 Å². The highest BCUT2D eigenvalue weighted by molar-refractivity contribution is 5.44. The molecule has 2 rings (SSSR count). The molecule has 0 aliphatic heterocycles. The molecule has 1 aromatic heterocycles. The molecule has 0 aromatic carbocycles. The van der Waals surface area contributed by atoms with Crippen LogP contribution >= 0.6 is 0 Å². The smallest absolute Gasteiger partial charge is 0.352 e. The molecular formula is C16H30FN3O5. The number of hydrogen-bond acceptors (Lipinski definition) is 6. The second kappa shape index (κ2) is 13.5. The first-order chi connectivity index (χ1) is 12.0. The molecule has 1 heterocycles. The third kappa shape index (κ3) is 8.78. The van der Waals surface area contributed by atoms with Crippen LogP contribution < -0.4 is 4.74 Å². The van der Waals surface area contributed by atoms with E-state index in [1.54, 1.807) is 0 Å². The molecule has 1 aliphatic rings. The number of aromatic amines is 1. The van der Waals surface area contributed by atoms with E-state index in [1.165, 1.54) is 39.0 Å². The fourth-order valence-corrected chi connectivity index (χ4v) is 2.24. The molecule has 9 heteroatoms. The molecule has 1 unspecified atom stereocenters. The van der Waals surface area contributed by atoms with Gasteiger partial charge in [0.15, 0.2) is 6.17 Å². The predicted octanol–water partition coefficient (Wildman–Crippen LogP) is 3.33. The Balaban J connectivity index is 0.000000483. The zero-order chi connectivity index (χ0) is 19.2. The number of nitrogens with one attached hydrogen (secondary N) is 1. The molecule has 0 saturated heterocycles. The number of nitrogens with zero attached hydrogens (tertiary/aromatic N) is 2. The maximum Gasteiger partial charge on any atom is 0.352 e. The summed E-state index contributed by atoms with van der Waals surface area (Å²) in [6.45, 7) is 4.29. The van der Waals surface area contributed by atoms with E-state index in [0.29, 0.717) is 6.10 Å². The van der Waals surface area contributed by atoms with Crippen LogP contribution in [0.2, 0.25) is 0 Å². The van der Waals surface area contributed by atoms with E-state index >= 15 is 0 Å². The Kier molecular flexibility index (Phi) is 12.6. The van der Waals surface area contributed by atoms with Crippen molar-refractivity contribution >= 4 is 5.69 Å². The summed E-state index contributed by atoms with van der Waals surface area (Å²) < 4.78 is 22.5. The maximum absolute atomic E-state index is 12.6. The summed E-state index contributed by atoms with van der Waals surface area (Å²) in [7, 11) is 1.82. The summed E-state index contributed by atoms with van der Waals surface area (Å²) >= 11 is 0. The average molecular weight is 363 g/mol. The van der Waals surface area contributed by atoms with E-state index in [2.05, 4.69) is 10.2 Å². The van der Waals surface area contributed by atoms with Gasteiger partial charge in [-0.3, -0.25) is 15.2 Å². The van der Waals surface area contributed by atoms with Crippen molar-refractivity contribution in [2.45, 2.75) is 65.2 Å². The fraction of sp³-hybridized carbons (Fsp3) is 0.812. The molecule has 0 amide bonds. The number of alkyl halides is 1. The number of hydrogen-bond donors (Lipinski definition) is 2. The van der Waals surface area contributed by atoms with Gasteiger partial charge in [0.2, 0.25) is 0 Å². The van der Waals surface area contributed by atoms with Crippen LogP contribution in [-0.4, -0.2) is 52.8 Å². The quantitative estimate of drug-likeness (QED) is 0.592. The largest absolute Gasteiger partial charge is 0.469 e. The summed E-state index contributed by atoms with van der Waals surface area (Å²) in [4.78, 5) is 9.87. The van der Waals surface area contributed by atoms with Crippen molar-refractivity contribution in [3.05, 3.63) is 15.8 Å². The number of H-pyrrole nitrogens is 1. The van der Waals surface area contributed by atoms with Gasteiger partial charge in [-0.05, 0) is 19.8 Å². The molecule has 1 aromatic rings. The number of aromatic nitrogens is 2. The van der Waals surface area contributed by atoms with Crippen molar-refractivity contribution in [3.8, 4) is 5.88 Å². The van der Waals surface area contributed by atoms with Crippen molar-refractivity contribution in [1.82, 2.24) is 10.2 Å². The Hall–Kier alpha value is -1.74. The van der Waals surface area contributed by atoms with Crippen molar-refractivity contribution in [2.24, 2.45) is 0 Å². The minimum absolute atomic E-state index is 0.231. The third-order valence-corrected chi connectivity index (χ3v) is 3.55. The lowest BCUT2D eigenvalue weighted by Crippen LogP contribution is -2.17. The summed E-state index contributed by atoms with van der Waals surface area (Å²) in [5.41, 5.74) is -0.0884. The minimum atomic E-state index is -1.58. The molecule has 0 bridgehead atoms. The maximum atomic E-state index is 12.6. The Labute approximate surface area is 147 Å². The molecule has 0 spiro atoms. The zero-order valence-electron chi connectivity index (χ0n) is 15.5. The van der Waals surface area contributed by atoms with Gasteiger partial charge >= 0.3 is 11.6 Å². The van der Waals surface area contributed by atoms with E-state index in [9.17, 15) is 14.5 Å². The van der Waals surface area contributed by atoms with Crippen molar-refractivity contribution in [1.29, 1.82) is 0 Å². The lowest BCUT2D eigenvalue weighted by molar-refractivity contribution is -0.386. The molecule has 0 radical (unpaired) electrons. The van der Waals surface area contributed by atoms with E-state index in [-0.39, 0.29) is 17.3 Å². The van der Waals surface area contributed by atoms with Gasteiger partial charge in [-0.15, -0.1) is 5.10 Å².